The highest BCUT2D eigenvalue weighted by Gasteiger charge is 2.51. The number of aromatic amines is 3. The summed E-state index contributed by atoms with van der Waals surface area (Å²) in [4.78, 5) is 70.3. The van der Waals surface area contributed by atoms with E-state index in [2.05, 4.69) is 24.6 Å². The van der Waals surface area contributed by atoms with Crippen LogP contribution in [0.15, 0.2) is 55.0 Å². The Labute approximate surface area is 328 Å². The van der Waals surface area contributed by atoms with Crippen LogP contribution in [0.25, 0.3) is 0 Å². The zero-order valence-electron chi connectivity index (χ0n) is 27.8. The van der Waals surface area contributed by atoms with Gasteiger partial charge >= 0.3 is 11.9 Å². The molecule has 4 aliphatic heterocycles. The first-order chi connectivity index (χ1) is 26.2. The van der Waals surface area contributed by atoms with Gasteiger partial charge in [-0.1, -0.05) is 36.7 Å². The molecule has 7 heterocycles. The van der Waals surface area contributed by atoms with Crippen molar-refractivity contribution in [3.63, 3.8) is 0 Å². The van der Waals surface area contributed by atoms with Crippen molar-refractivity contribution >= 4 is 65.4 Å². The highest BCUT2D eigenvalue weighted by atomic mass is 35.5. The van der Waals surface area contributed by atoms with Gasteiger partial charge in [-0.2, -0.15) is 0 Å². The first-order valence-electron chi connectivity index (χ1n) is 15.6. The van der Waals surface area contributed by atoms with Gasteiger partial charge in [0.25, 0.3) is 15.4 Å². The van der Waals surface area contributed by atoms with Crippen LogP contribution in [0.2, 0.25) is 0 Å². The minimum absolute atomic E-state index is 0.00969. The molecule has 0 aliphatic carbocycles. The molecule has 0 aromatic carbocycles. The number of carboxylic acids is 1. The normalized spacial score (nSPS) is 25.5. The molecule has 3 aromatic rings. The van der Waals surface area contributed by atoms with Crippen molar-refractivity contribution in [1.82, 2.24) is 15.0 Å². The molecule has 25 heteroatoms. The van der Waals surface area contributed by atoms with Crippen LogP contribution < -0.4 is 0 Å². The molecule has 0 spiro atoms. The number of nitrogens with zero attached hydrogens (tertiary/aromatic N) is 2. The molecule has 8 unspecified atom stereocenters. The molecule has 7 rings (SSSR count). The first kappa shape index (κ1) is 42.9. The molecule has 0 bridgehead atoms. The summed E-state index contributed by atoms with van der Waals surface area (Å²) < 4.78 is 27.3. The fraction of sp³-hybridized carbons (Fsp3) is 0.400. The number of carboxylic acid groups (broad SMARTS) is 1. The summed E-state index contributed by atoms with van der Waals surface area (Å²) in [6, 6.07) is 9.48. The lowest BCUT2D eigenvalue weighted by molar-refractivity contribution is -0.769. The average Bonchev–Trinajstić information content (AvgIpc) is 3.91. The maximum absolute atomic E-state index is 12.1. The third-order valence-corrected chi connectivity index (χ3v) is 8.98. The highest BCUT2D eigenvalue weighted by Crippen LogP contribution is 2.31. The minimum Gasteiger partial charge on any atom is -0.478 e. The molecular formula is C30H30ClN5O16S3. The molecule has 0 radical (unpaired) electrons. The Bertz CT molecular complexity index is 1970. The number of hydrogen-bond donors (Lipinski definition) is 5. The van der Waals surface area contributed by atoms with Crippen LogP contribution in [0.3, 0.4) is 0 Å². The predicted molar refractivity (Wildman–Crippen MR) is 190 cm³/mol. The lowest BCUT2D eigenvalue weighted by atomic mass is 10.1. The Balaban J connectivity index is 0.000000175. The molecule has 296 valence electrons. The van der Waals surface area contributed by atoms with Crippen LogP contribution in [0, 0.1) is 34.2 Å². The molecule has 4 fully saturated rings. The molecule has 3 aromatic heterocycles. The molecule has 4 aliphatic rings. The van der Waals surface area contributed by atoms with Crippen LogP contribution >= 0.6 is 48.3 Å². The van der Waals surface area contributed by atoms with Gasteiger partial charge in [-0.3, -0.25) is 4.79 Å². The Morgan fingerprint density at radius 3 is 1.51 bits per heavy atom. The number of aliphatic hydroxyl groups is 1. The molecule has 55 heavy (non-hydrogen) atoms. The van der Waals surface area contributed by atoms with E-state index >= 15 is 0 Å². The van der Waals surface area contributed by atoms with Gasteiger partial charge in [0, 0.05) is 18.6 Å². The van der Waals surface area contributed by atoms with E-state index in [1.807, 2.05) is 0 Å². The van der Waals surface area contributed by atoms with Gasteiger partial charge in [0.15, 0.2) is 18.3 Å². The number of fused-ring (bicyclic) bond motifs is 2. The fourth-order valence-electron chi connectivity index (χ4n) is 5.33. The maximum Gasteiger partial charge on any atom is 0.341 e. The van der Waals surface area contributed by atoms with Gasteiger partial charge in [-0.25, -0.2) is 9.59 Å². The largest absolute Gasteiger partial charge is 0.478 e. The van der Waals surface area contributed by atoms with Crippen molar-refractivity contribution in [2.24, 2.45) is 0 Å². The van der Waals surface area contributed by atoms with E-state index in [0.717, 1.165) is 0 Å². The number of aromatic carboxylic acids is 1. The Morgan fingerprint density at radius 2 is 1.09 bits per heavy atom. The van der Waals surface area contributed by atoms with Gasteiger partial charge in [-0.15, -0.1) is 20.2 Å². The number of carbonyl (C=O) groups excluding carboxylic acids is 2. The van der Waals surface area contributed by atoms with Gasteiger partial charge in [0.1, 0.15) is 44.4 Å². The summed E-state index contributed by atoms with van der Waals surface area (Å²) in [5.74, 6) is -1.60. The van der Waals surface area contributed by atoms with Crippen molar-refractivity contribution < 1.29 is 68.1 Å². The van der Waals surface area contributed by atoms with E-state index in [1.54, 1.807) is 48.9 Å². The number of rotatable bonds is 8. The number of aromatic nitrogens is 3. The highest BCUT2D eigenvalue weighted by molar-refractivity contribution is 7.71. The predicted octanol–water partition coefficient (Wildman–Crippen LogP) is 2.93. The van der Waals surface area contributed by atoms with Crippen molar-refractivity contribution in [2.45, 2.75) is 48.8 Å². The number of H-pyrrole nitrogens is 3. The molecule has 0 amide bonds. The van der Waals surface area contributed by atoms with Gasteiger partial charge in [-0.05, 0) is 48.0 Å². The summed E-state index contributed by atoms with van der Waals surface area (Å²) in [6.45, 7) is 0.331. The fourth-order valence-corrected chi connectivity index (χ4v) is 6.21. The van der Waals surface area contributed by atoms with E-state index in [1.165, 1.54) is 6.07 Å². The second kappa shape index (κ2) is 20.2. The SMILES string of the molecule is O=C(Cl)c1ccc[nH]c1=S.O=C(O)c1ccc[nH]c1=S.O=C(OC1COC2C(O[N+](=O)[O-])COC12)c1ccc[nH]c1=S.O=[N+]([O-])OC1COC2C(O)COC12. The molecule has 8 atom stereocenters. The number of carbonyl (C=O) groups is 3. The Hall–Kier alpha value is -4.79. The van der Waals surface area contributed by atoms with Crippen molar-refractivity contribution in [3.05, 3.63) is 106 Å². The maximum atomic E-state index is 12.1. The molecule has 0 saturated carbocycles. The Morgan fingerprint density at radius 1 is 0.691 bits per heavy atom. The standard InChI is InChI=1S/C12H12N2O7S.C6H4ClNOS.C6H9NO6.C6H5NO2S/c15-12(6-2-1-3-13-11(6)22)20-7-4-18-10-8(21-14(16)17)5-19-9(7)10;7-5(9)4-2-1-3-8-6(4)10;8-3-1-11-6-4(13-7(9)10)2-12-5(3)6;8-6(9)4-2-1-3-7-5(4)10/h1-3,7-10H,4-5H2,(H,13,22);1-3H,(H,8,10);3-6,8H,1-2H2;1-3H,(H,7,10)(H,8,9). The molecule has 5 N–H and O–H groups in total. The third-order valence-electron chi connectivity index (χ3n) is 7.76. The third kappa shape index (κ3) is 11.8. The van der Waals surface area contributed by atoms with E-state index in [4.69, 9.17) is 77.0 Å². The second-order valence-corrected chi connectivity index (χ2v) is 12.8. The summed E-state index contributed by atoms with van der Waals surface area (Å²) >= 11 is 19.7. The van der Waals surface area contributed by atoms with Gasteiger partial charge in [0.05, 0.1) is 43.1 Å². The van der Waals surface area contributed by atoms with Crippen molar-refractivity contribution in [2.75, 3.05) is 26.4 Å². The van der Waals surface area contributed by atoms with Gasteiger partial charge < -0.3 is 58.5 Å². The first-order valence-corrected chi connectivity index (χ1v) is 17.2. The number of hydrogen-bond acceptors (Lipinski definition) is 18. The van der Waals surface area contributed by atoms with Crippen LogP contribution in [0.1, 0.15) is 31.1 Å². The summed E-state index contributed by atoms with van der Waals surface area (Å²) in [6.07, 6.45) is -0.263. The number of esters is 1. The number of halogens is 1. The van der Waals surface area contributed by atoms with Crippen molar-refractivity contribution in [3.8, 4) is 0 Å². The molecular weight excluding hydrogens is 818 g/mol. The Kier molecular flexibility index (Phi) is 15.8. The van der Waals surface area contributed by atoms with E-state index in [0.29, 0.717) is 10.2 Å². The van der Waals surface area contributed by atoms with Crippen LogP contribution in [0.5, 0.6) is 0 Å². The van der Waals surface area contributed by atoms with Crippen LogP contribution in [0.4, 0.5) is 0 Å². The second-order valence-electron chi connectivity index (χ2n) is 11.3. The molecule has 4 saturated heterocycles. The monoisotopic (exact) mass is 847 g/mol. The molecule has 21 nitrogen and oxygen atoms in total. The van der Waals surface area contributed by atoms with E-state index < -0.39 is 76.2 Å². The number of nitrogens with one attached hydrogen (secondary N) is 3. The topological polar surface area (TPSA) is 290 Å². The number of ether oxygens (including phenoxy) is 5. The minimum atomic E-state index is -0.998. The van der Waals surface area contributed by atoms with Crippen LogP contribution in [-0.2, 0) is 33.4 Å². The number of aliphatic hydroxyl groups excluding tert-OH is 1. The van der Waals surface area contributed by atoms with Gasteiger partial charge in [0.2, 0.25) is 0 Å². The quantitative estimate of drug-likeness (QED) is 0.0716. The van der Waals surface area contributed by atoms with E-state index in [-0.39, 0.29) is 46.8 Å². The van der Waals surface area contributed by atoms with Crippen LogP contribution in [-0.4, -0.2) is 128 Å². The smallest absolute Gasteiger partial charge is 0.341 e. The zero-order chi connectivity index (χ0) is 40.2. The zero-order valence-corrected chi connectivity index (χ0v) is 31.0. The lowest BCUT2D eigenvalue weighted by Gasteiger charge is -2.16. The van der Waals surface area contributed by atoms with E-state index in [9.17, 15) is 39.7 Å². The van der Waals surface area contributed by atoms with Crippen molar-refractivity contribution in [1.29, 1.82) is 0 Å². The number of pyridine rings is 3. The average molecular weight is 848 g/mol. The lowest BCUT2D eigenvalue weighted by Crippen LogP contribution is -2.35. The summed E-state index contributed by atoms with van der Waals surface area (Å²) in [7, 11) is 0. The summed E-state index contributed by atoms with van der Waals surface area (Å²) in [5, 5.41) is 35.9. The summed E-state index contributed by atoms with van der Waals surface area (Å²) in [5.41, 5.74) is 0.716.